The summed E-state index contributed by atoms with van der Waals surface area (Å²) in [7, 11) is 0. The lowest BCUT2D eigenvalue weighted by Gasteiger charge is -2.28. The molecule has 0 saturated carbocycles. The number of hydrogen-bond acceptors (Lipinski definition) is 6. The van der Waals surface area contributed by atoms with E-state index in [0.29, 0.717) is 29.9 Å². The van der Waals surface area contributed by atoms with E-state index in [4.69, 9.17) is 4.74 Å². The van der Waals surface area contributed by atoms with Gasteiger partial charge in [-0.3, -0.25) is 14.2 Å². The third-order valence-corrected chi connectivity index (χ3v) is 5.10. The van der Waals surface area contributed by atoms with Crippen LogP contribution in [-0.4, -0.2) is 45.8 Å². The van der Waals surface area contributed by atoms with Crippen LogP contribution in [0.25, 0.3) is 10.2 Å². The number of rotatable bonds is 6. The van der Waals surface area contributed by atoms with Crippen molar-refractivity contribution >= 4 is 33.4 Å². The van der Waals surface area contributed by atoms with Crippen molar-refractivity contribution in [3.63, 3.8) is 0 Å². The minimum Gasteiger partial charge on any atom is -0.480 e. The van der Waals surface area contributed by atoms with Crippen LogP contribution in [0.5, 0.6) is 0 Å². The van der Waals surface area contributed by atoms with Crippen molar-refractivity contribution in [1.29, 1.82) is 0 Å². The maximum absolute atomic E-state index is 12.3. The van der Waals surface area contributed by atoms with E-state index < -0.39 is 17.9 Å². The van der Waals surface area contributed by atoms with Gasteiger partial charge >= 0.3 is 5.97 Å². The number of thiophene rings is 1. The van der Waals surface area contributed by atoms with Gasteiger partial charge in [-0.1, -0.05) is 0 Å². The summed E-state index contributed by atoms with van der Waals surface area (Å²) in [4.78, 5) is 40.7. The summed E-state index contributed by atoms with van der Waals surface area (Å²) < 4.78 is 6.67. The van der Waals surface area contributed by atoms with Gasteiger partial charge in [0, 0.05) is 25.5 Å². The number of carbonyl (C=O) groups is 2. The van der Waals surface area contributed by atoms with Gasteiger partial charge < -0.3 is 15.2 Å². The Morgan fingerprint density at radius 2 is 2.36 bits per heavy atom. The molecule has 0 radical (unpaired) electrons. The molecule has 2 atom stereocenters. The van der Waals surface area contributed by atoms with Crippen LogP contribution in [0.2, 0.25) is 0 Å². The van der Waals surface area contributed by atoms with E-state index in [1.54, 1.807) is 11.4 Å². The zero-order valence-electron chi connectivity index (χ0n) is 13.5. The van der Waals surface area contributed by atoms with E-state index in [0.717, 1.165) is 6.42 Å². The average Bonchev–Trinajstić information content (AvgIpc) is 3.09. The fourth-order valence-corrected chi connectivity index (χ4v) is 3.65. The quantitative estimate of drug-likeness (QED) is 0.785. The first-order valence-corrected chi connectivity index (χ1v) is 8.97. The Kier molecular flexibility index (Phi) is 5.44. The van der Waals surface area contributed by atoms with Crippen LogP contribution in [0.15, 0.2) is 22.6 Å². The first-order chi connectivity index (χ1) is 12.1. The van der Waals surface area contributed by atoms with E-state index >= 15 is 0 Å². The SMILES string of the molecule is O=C(CCn1cnc2sccc2c1=O)NC(C(=O)O)C1CCCOC1. The Balaban J connectivity index is 1.61. The molecule has 3 rings (SSSR count). The summed E-state index contributed by atoms with van der Waals surface area (Å²) in [5.41, 5.74) is -0.200. The monoisotopic (exact) mass is 365 g/mol. The lowest BCUT2D eigenvalue weighted by atomic mass is 9.93. The Morgan fingerprint density at radius 3 is 3.08 bits per heavy atom. The molecule has 134 valence electrons. The van der Waals surface area contributed by atoms with Gasteiger partial charge in [0.15, 0.2) is 0 Å². The van der Waals surface area contributed by atoms with Gasteiger partial charge in [0.2, 0.25) is 5.91 Å². The summed E-state index contributed by atoms with van der Waals surface area (Å²) in [6.45, 7) is 1.10. The molecule has 1 aliphatic rings. The molecule has 1 fully saturated rings. The Bertz CT molecular complexity index is 825. The summed E-state index contributed by atoms with van der Waals surface area (Å²) in [5, 5.41) is 14.2. The maximum Gasteiger partial charge on any atom is 0.326 e. The number of fused-ring (bicyclic) bond motifs is 1. The Morgan fingerprint density at radius 1 is 1.52 bits per heavy atom. The molecule has 1 amide bonds. The third-order valence-electron chi connectivity index (χ3n) is 4.28. The van der Waals surface area contributed by atoms with Crippen molar-refractivity contribution in [1.82, 2.24) is 14.9 Å². The van der Waals surface area contributed by atoms with E-state index in [1.807, 2.05) is 0 Å². The molecule has 2 aromatic rings. The number of nitrogens with zero attached hydrogens (tertiary/aromatic N) is 2. The number of aliphatic carboxylic acids is 1. The van der Waals surface area contributed by atoms with Crippen molar-refractivity contribution in [2.75, 3.05) is 13.2 Å². The Labute approximate surface area is 147 Å². The smallest absolute Gasteiger partial charge is 0.326 e. The number of carboxylic acid groups (broad SMARTS) is 1. The number of carboxylic acids is 1. The molecule has 2 aromatic heterocycles. The van der Waals surface area contributed by atoms with E-state index in [2.05, 4.69) is 10.3 Å². The van der Waals surface area contributed by atoms with Crippen LogP contribution < -0.4 is 10.9 Å². The number of hydrogen-bond donors (Lipinski definition) is 2. The second-order valence-electron chi connectivity index (χ2n) is 5.99. The normalized spacial score (nSPS) is 18.8. The van der Waals surface area contributed by atoms with Crippen LogP contribution >= 0.6 is 11.3 Å². The highest BCUT2D eigenvalue weighted by molar-refractivity contribution is 7.16. The summed E-state index contributed by atoms with van der Waals surface area (Å²) in [6.07, 6.45) is 2.91. The standard InChI is InChI=1S/C16H19N3O5S/c20-12(18-13(16(22)23)10-2-1-6-24-8-10)3-5-19-9-17-14-11(15(19)21)4-7-25-14/h4,7,9-10,13H,1-3,5-6,8H2,(H,18,20)(H,22,23). The van der Waals surface area contributed by atoms with Crippen LogP contribution in [-0.2, 0) is 20.9 Å². The van der Waals surface area contributed by atoms with E-state index in [9.17, 15) is 19.5 Å². The molecular weight excluding hydrogens is 346 g/mol. The Hall–Kier alpha value is -2.26. The molecule has 0 spiro atoms. The van der Waals surface area contributed by atoms with E-state index in [1.165, 1.54) is 22.2 Å². The van der Waals surface area contributed by atoms with Gasteiger partial charge in [-0.15, -0.1) is 11.3 Å². The second kappa shape index (κ2) is 7.75. The van der Waals surface area contributed by atoms with Crippen LogP contribution in [0, 0.1) is 5.92 Å². The number of nitrogens with one attached hydrogen (secondary N) is 1. The molecule has 3 heterocycles. The number of amides is 1. The summed E-state index contributed by atoms with van der Waals surface area (Å²) >= 11 is 1.38. The fourth-order valence-electron chi connectivity index (χ4n) is 2.93. The molecule has 2 unspecified atom stereocenters. The topological polar surface area (TPSA) is 111 Å². The van der Waals surface area contributed by atoms with Crippen molar-refractivity contribution in [3.8, 4) is 0 Å². The largest absolute Gasteiger partial charge is 0.480 e. The van der Waals surface area contributed by atoms with Crippen LogP contribution in [0.3, 0.4) is 0 Å². The highest BCUT2D eigenvalue weighted by atomic mass is 32.1. The number of ether oxygens (including phenoxy) is 1. The van der Waals surface area contributed by atoms with Crippen LogP contribution in [0.4, 0.5) is 0 Å². The molecule has 0 bridgehead atoms. The predicted molar refractivity (Wildman–Crippen MR) is 91.6 cm³/mol. The molecular formula is C16H19N3O5S. The van der Waals surface area contributed by atoms with Gasteiger partial charge in [0.1, 0.15) is 10.9 Å². The molecule has 0 aliphatic carbocycles. The lowest BCUT2D eigenvalue weighted by molar-refractivity contribution is -0.145. The highest BCUT2D eigenvalue weighted by Gasteiger charge is 2.31. The second-order valence-corrected chi connectivity index (χ2v) is 6.89. The number of aryl methyl sites for hydroxylation is 1. The van der Waals surface area contributed by atoms with Gasteiger partial charge in [0.05, 0.1) is 18.3 Å². The first-order valence-electron chi connectivity index (χ1n) is 8.09. The molecule has 2 N–H and O–H groups in total. The predicted octanol–water partition coefficient (Wildman–Crippen LogP) is 0.844. The van der Waals surface area contributed by atoms with Gasteiger partial charge in [-0.25, -0.2) is 9.78 Å². The molecule has 1 aliphatic heterocycles. The number of carbonyl (C=O) groups excluding carboxylic acids is 1. The third kappa shape index (κ3) is 4.05. The highest BCUT2D eigenvalue weighted by Crippen LogP contribution is 2.18. The summed E-state index contributed by atoms with van der Waals surface area (Å²) in [6, 6.07) is 0.733. The minimum atomic E-state index is -1.07. The lowest BCUT2D eigenvalue weighted by Crippen LogP contribution is -2.48. The number of aromatic nitrogens is 2. The molecule has 0 aromatic carbocycles. The molecule has 25 heavy (non-hydrogen) atoms. The van der Waals surface area contributed by atoms with Crippen molar-refractivity contribution in [2.24, 2.45) is 5.92 Å². The molecule has 8 nitrogen and oxygen atoms in total. The van der Waals surface area contributed by atoms with E-state index in [-0.39, 0.29) is 24.4 Å². The average molecular weight is 365 g/mol. The molecule has 9 heteroatoms. The minimum absolute atomic E-state index is 0.00852. The maximum atomic E-state index is 12.3. The van der Waals surface area contributed by atoms with Crippen molar-refractivity contribution in [3.05, 3.63) is 28.1 Å². The van der Waals surface area contributed by atoms with Gasteiger partial charge in [-0.2, -0.15) is 0 Å². The zero-order valence-corrected chi connectivity index (χ0v) is 14.3. The molecule has 1 saturated heterocycles. The zero-order chi connectivity index (χ0) is 17.8. The van der Waals surface area contributed by atoms with Gasteiger partial charge in [-0.05, 0) is 24.3 Å². The van der Waals surface area contributed by atoms with Gasteiger partial charge in [0.25, 0.3) is 5.56 Å². The van der Waals surface area contributed by atoms with Crippen LogP contribution in [0.1, 0.15) is 19.3 Å². The summed E-state index contributed by atoms with van der Waals surface area (Å²) in [5.74, 6) is -1.71. The van der Waals surface area contributed by atoms with Crippen molar-refractivity contribution < 1.29 is 19.4 Å². The van der Waals surface area contributed by atoms with Crippen molar-refractivity contribution in [2.45, 2.75) is 31.8 Å². The first kappa shape index (κ1) is 17.6. The fraction of sp³-hybridized carbons (Fsp3) is 0.500.